The summed E-state index contributed by atoms with van der Waals surface area (Å²) in [5.74, 6) is 2.55. The number of hydrogen-bond acceptors (Lipinski definition) is 6. The highest BCUT2D eigenvalue weighted by Gasteiger charge is 2.28. The average molecular weight is 375 g/mol. The maximum Gasteiger partial charge on any atom is 0.318 e. The van der Waals surface area contributed by atoms with Crippen LogP contribution in [-0.2, 0) is 11.2 Å². The normalized spacial score (nSPS) is 16.3. The highest BCUT2D eigenvalue weighted by Crippen LogP contribution is 2.24. The molecular weight excluding hydrogens is 348 g/mol. The number of carbonyl (C=O) groups excluding carboxylic acids is 1. The Labute approximate surface area is 158 Å². The number of benzene rings is 1. The van der Waals surface area contributed by atoms with Crippen molar-refractivity contribution < 1.29 is 9.21 Å². The maximum atomic E-state index is 12.5. The van der Waals surface area contributed by atoms with Crippen LogP contribution in [0.25, 0.3) is 0 Å². The minimum atomic E-state index is -0.484. The molecule has 0 radical (unpaired) electrons. The van der Waals surface area contributed by atoms with Gasteiger partial charge in [-0.05, 0) is 5.56 Å². The van der Waals surface area contributed by atoms with Crippen LogP contribution in [0.15, 0.2) is 34.7 Å². The predicted molar refractivity (Wildman–Crippen MR) is 104 cm³/mol. The molecule has 2 aromatic rings. The lowest BCUT2D eigenvalue weighted by Crippen LogP contribution is -2.38. The number of thioether (sulfide) groups is 1. The molecule has 1 saturated heterocycles. The third-order valence-electron chi connectivity index (χ3n) is 4.28. The predicted octanol–water partition coefficient (Wildman–Crippen LogP) is 3.07. The summed E-state index contributed by atoms with van der Waals surface area (Å²) in [6.07, 6.45) is 0.611. The Morgan fingerprint density at radius 3 is 2.58 bits per heavy atom. The number of rotatable bonds is 5. The first-order chi connectivity index (χ1) is 12.4. The standard InChI is InChI=1S/C19H26N4O2S/c1-19(2,3)17(24)20-15(13-14-7-5-4-6-8-14)16-21-22-18(25-16)23-9-11-26-12-10-23/h4-8,15H,9-13H2,1-3H3,(H,20,24). The molecule has 6 nitrogen and oxygen atoms in total. The molecule has 140 valence electrons. The molecule has 0 saturated carbocycles. The van der Waals surface area contributed by atoms with E-state index in [1.54, 1.807) is 0 Å². The quantitative estimate of drug-likeness (QED) is 0.867. The van der Waals surface area contributed by atoms with Crippen LogP contribution < -0.4 is 10.2 Å². The Morgan fingerprint density at radius 1 is 1.23 bits per heavy atom. The van der Waals surface area contributed by atoms with Crippen molar-refractivity contribution in [2.45, 2.75) is 33.2 Å². The van der Waals surface area contributed by atoms with Crippen molar-refractivity contribution in [3.63, 3.8) is 0 Å². The Kier molecular flexibility index (Phi) is 5.86. The van der Waals surface area contributed by atoms with Gasteiger partial charge in [-0.3, -0.25) is 4.79 Å². The highest BCUT2D eigenvalue weighted by atomic mass is 32.2. The van der Waals surface area contributed by atoms with Gasteiger partial charge in [0.1, 0.15) is 6.04 Å². The molecule has 26 heavy (non-hydrogen) atoms. The van der Waals surface area contributed by atoms with Crippen molar-refractivity contribution in [3.8, 4) is 0 Å². The highest BCUT2D eigenvalue weighted by molar-refractivity contribution is 7.99. The van der Waals surface area contributed by atoms with Crippen molar-refractivity contribution in [1.82, 2.24) is 15.5 Å². The van der Waals surface area contributed by atoms with Gasteiger partial charge in [-0.1, -0.05) is 56.2 Å². The summed E-state index contributed by atoms with van der Waals surface area (Å²) in [7, 11) is 0. The van der Waals surface area contributed by atoms with Crippen LogP contribution in [0.3, 0.4) is 0 Å². The van der Waals surface area contributed by atoms with Crippen LogP contribution in [0.4, 0.5) is 6.01 Å². The van der Waals surface area contributed by atoms with Gasteiger partial charge in [0.25, 0.3) is 0 Å². The molecule has 1 amide bonds. The zero-order chi connectivity index (χ0) is 18.6. The number of hydrogen-bond donors (Lipinski definition) is 1. The number of aromatic nitrogens is 2. The molecule has 2 heterocycles. The van der Waals surface area contributed by atoms with Crippen molar-refractivity contribution in [3.05, 3.63) is 41.8 Å². The third kappa shape index (κ3) is 4.78. The molecule has 1 aliphatic heterocycles. The van der Waals surface area contributed by atoms with Gasteiger partial charge in [0, 0.05) is 36.4 Å². The Bertz CT molecular complexity index is 721. The fourth-order valence-corrected chi connectivity index (χ4v) is 3.58. The molecule has 7 heteroatoms. The molecule has 1 aromatic heterocycles. The third-order valence-corrected chi connectivity index (χ3v) is 5.22. The number of anilines is 1. The van der Waals surface area contributed by atoms with Gasteiger partial charge >= 0.3 is 6.01 Å². The van der Waals surface area contributed by atoms with E-state index in [0.717, 1.165) is 30.2 Å². The summed E-state index contributed by atoms with van der Waals surface area (Å²) < 4.78 is 5.95. The van der Waals surface area contributed by atoms with Crippen molar-refractivity contribution >= 4 is 23.7 Å². The topological polar surface area (TPSA) is 71.3 Å². The summed E-state index contributed by atoms with van der Waals surface area (Å²) in [5.41, 5.74) is 0.628. The van der Waals surface area contributed by atoms with E-state index in [9.17, 15) is 4.79 Å². The first-order valence-corrected chi connectivity index (χ1v) is 10.1. The van der Waals surface area contributed by atoms with Crippen molar-refractivity contribution in [2.24, 2.45) is 5.41 Å². The van der Waals surface area contributed by atoms with Crippen LogP contribution in [-0.4, -0.2) is 40.7 Å². The van der Waals surface area contributed by atoms with E-state index >= 15 is 0 Å². The second-order valence-electron chi connectivity index (χ2n) is 7.49. The summed E-state index contributed by atoms with van der Waals surface area (Å²) >= 11 is 1.93. The fraction of sp³-hybridized carbons (Fsp3) is 0.526. The molecule has 3 rings (SSSR count). The summed E-state index contributed by atoms with van der Waals surface area (Å²) in [6.45, 7) is 7.50. The molecule has 1 atom stereocenters. The van der Waals surface area contributed by atoms with Crippen LogP contribution in [0, 0.1) is 5.41 Å². The first kappa shape index (κ1) is 18.8. The fourth-order valence-electron chi connectivity index (χ4n) is 2.67. The Hall–Kier alpha value is -2.02. The van der Waals surface area contributed by atoms with E-state index in [4.69, 9.17) is 4.42 Å². The molecule has 0 spiro atoms. The zero-order valence-electron chi connectivity index (χ0n) is 15.6. The first-order valence-electron chi connectivity index (χ1n) is 8.94. The number of nitrogens with zero attached hydrogens (tertiary/aromatic N) is 3. The molecule has 0 bridgehead atoms. The second-order valence-corrected chi connectivity index (χ2v) is 8.71. The lowest BCUT2D eigenvalue weighted by Gasteiger charge is -2.24. The number of amides is 1. The van der Waals surface area contributed by atoms with E-state index in [0.29, 0.717) is 18.3 Å². The van der Waals surface area contributed by atoms with Crippen LogP contribution in [0.5, 0.6) is 0 Å². The van der Waals surface area contributed by atoms with E-state index in [1.165, 1.54) is 0 Å². The van der Waals surface area contributed by atoms with Gasteiger partial charge in [-0.25, -0.2) is 0 Å². The lowest BCUT2D eigenvalue weighted by atomic mass is 9.94. The molecular formula is C19H26N4O2S. The zero-order valence-corrected chi connectivity index (χ0v) is 16.4. The molecule has 1 fully saturated rings. The van der Waals surface area contributed by atoms with Crippen LogP contribution in [0.2, 0.25) is 0 Å². The molecule has 1 aromatic carbocycles. The van der Waals surface area contributed by atoms with E-state index in [1.807, 2.05) is 62.9 Å². The summed E-state index contributed by atoms with van der Waals surface area (Å²) in [4.78, 5) is 14.6. The van der Waals surface area contributed by atoms with Gasteiger partial charge < -0.3 is 14.6 Å². The van der Waals surface area contributed by atoms with Crippen molar-refractivity contribution in [1.29, 1.82) is 0 Å². The minimum absolute atomic E-state index is 0.0347. The monoisotopic (exact) mass is 374 g/mol. The van der Waals surface area contributed by atoms with Gasteiger partial charge in [-0.2, -0.15) is 11.8 Å². The molecule has 0 aliphatic carbocycles. The lowest BCUT2D eigenvalue weighted by molar-refractivity contribution is -0.129. The van der Waals surface area contributed by atoms with Gasteiger partial charge in [-0.15, -0.1) is 5.10 Å². The van der Waals surface area contributed by atoms with Gasteiger partial charge in [0.15, 0.2) is 0 Å². The minimum Gasteiger partial charge on any atom is -0.406 e. The molecule has 1 aliphatic rings. The van der Waals surface area contributed by atoms with Gasteiger partial charge in [0.2, 0.25) is 11.8 Å². The smallest absolute Gasteiger partial charge is 0.318 e. The maximum absolute atomic E-state index is 12.5. The van der Waals surface area contributed by atoms with Gasteiger partial charge in [0.05, 0.1) is 0 Å². The van der Waals surface area contributed by atoms with Crippen LogP contribution in [0.1, 0.15) is 38.3 Å². The molecule has 1 N–H and O–H groups in total. The number of carbonyl (C=O) groups is 1. The summed E-state index contributed by atoms with van der Waals surface area (Å²) in [5, 5.41) is 11.5. The van der Waals surface area contributed by atoms with E-state index < -0.39 is 5.41 Å². The second kappa shape index (κ2) is 8.12. The Balaban J connectivity index is 1.80. The van der Waals surface area contributed by atoms with Crippen molar-refractivity contribution in [2.75, 3.05) is 29.5 Å². The largest absolute Gasteiger partial charge is 0.406 e. The van der Waals surface area contributed by atoms with Crippen LogP contribution >= 0.6 is 11.8 Å². The van der Waals surface area contributed by atoms with E-state index in [-0.39, 0.29) is 11.9 Å². The SMILES string of the molecule is CC(C)(C)C(=O)NC(Cc1ccccc1)c1nnc(N2CCSCC2)o1. The number of nitrogens with one attached hydrogen (secondary N) is 1. The van der Waals surface area contributed by atoms with E-state index in [2.05, 4.69) is 20.4 Å². The average Bonchev–Trinajstić information content (AvgIpc) is 3.12. The molecule has 1 unspecified atom stereocenters. The summed E-state index contributed by atoms with van der Waals surface area (Å²) in [6, 6.07) is 10.2. The Morgan fingerprint density at radius 2 is 1.92 bits per heavy atom.